The van der Waals surface area contributed by atoms with E-state index in [-0.39, 0.29) is 28.2 Å². The van der Waals surface area contributed by atoms with Gasteiger partial charge in [-0.3, -0.25) is 4.79 Å². The molecule has 1 aromatic carbocycles. The predicted molar refractivity (Wildman–Crippen MR) is 66.3 cm³/mol. The maximum absolute atomic E-state index is 11.0. The molecule has 0 radical (unpaired) electrons. The molecule has 0 heterocycles. The maximum Gasteiger partial charge on any atom is 0.317 e. The maximum atomic E-state index is 11.0. The van der Waals surface area contributed by atoms with E-state index in [1.807, 2.05) is 0 Å². The van der Waals surface area contributed by atoms with Crippen molar-refractivity contribution in [1.29, 1.82) is 0 Å². The van der Waals surface area contributed by atoms with E-state index >= 15 is 0 Å². The summed E-state index contributed by atoms with van der Waals surface area (Å²) in [7, 11) is 0. The van der Waals surface area contributed by atoms with Gasteiger partial charge < -0.3 is 9.84 Å². The summed E-state index contributed by atoms with van der Waals surface area (Å²) in [6.07, 6.45) is -0.0112. The number of carbonyl (C=O) groups is 1. The van der Waals surface area contributed by atoms with Crippen LogP contribution in [-0.4, -0.2) is 17.7 Å². The number of esters is 1. The van der Waals surface area contributed by atoms with Gasteiger partial charge in [-0.25, -0.2) is 0 Å². The van der Waals surface area contributed by atoms with E-state index in [2.05, 4.69) is 11.8 Å². The molecule has 1 rings (SSSR count). The molecule has 0 bridgehead atoms. The van der Waals surface area contributed by atoms with Gasteiger partial charge in [0, 0.05) is 11.6 Å². The molecule has 0 fully saturated rings. The first kappa shape index (κ1) is 13.7. The number of phenols is 1. The highest BCUT2D eigenvalue weighted by atomic mass is 35.5. The molecule has 0 aliphatic carbocycles. The van der Waals surface area contributed by atoms with Crippen LogP contribution in [0.5, 0.6) is 5.75 Å². The minimum absolute atomic E-state index is 0.0112. The molecule has 0 atom stereocenters. The Morgan fingerprint density at radius 3 is 2.76 bits per heavy atom. The number of benzene rings is 1. The van der Waals surface area contributed by atoms with Crippen LogP contribution < -0.4 is 0 Å². The van der Waals surface area contributed by atoms with Crippen LogP contribution in [0.4, 0.5) is 0 Å². The molecule has 0 saturated heterocycles. The van der Waals surface area contributed by atoms with Crippen molar-refractivity contribution < 1.29 is 14.6 Å². The lowest BCUT2D eigenvalue weighted by atomic mass is 10.2. The predicted octanol–water partition coefficient (Wildman–Crippen LogP) is 3.00. The third kappa shape index (κ3) is 4.18. The Labute approximate surface area is 109 Å². The van der Waals surface area contributed by atoms with Crippen LogP contribution in [-0.2, 0) is 9.53 Å². The minimum Gasteiger partial charge on any atom is -0.506 e. The van der Waals surface area contributed by atoms with Gasteiger partial charge in [0.2, 0.25) is 0 Å². The molecule has 1 N–H and O–H groups in total. The minimum atomic E-state index is -0.388. The van der Waals surface area contributed by atoms with Gasteiger partial charge in [0.15, 0.2) is 0 Å². The number of hydrogen-bond donors (Lipinski definition) is 1. The van der Waals surface area contributed by atoms with Crippen molar-refractivity contribution in [3.8, 4) is 17.6 Å². The SMILES string of the molecule is CCOC(=O)CC#Cc1cc(Cl)c(O)cc1Cl. The lowest BCUT2D eigenvalue weighted by molar-refractivity contribution is -0.141. The van der Waals surface area contributed by atoms with Crippen molar-refractivity contribution in [3.63, 3.8) is 0 Å². The summed E-state index contributed by atoms with van der Waals surface area (Å²) in [5.41, 5.74) is 0.457. The van der Waals surface area contributed by atoms with Crippen LogP contribution >= 0.6 is 23.2 Å². The van der Waals surface area contributed by atoms with Gasteiger partial charge >= 0.3 is 5.97 Å². The first-order valence-electron chi connectivity index (χ1n) is 4.87. The van der Waals surface area contributed by atoms with E-state index < -0.39 is 0 Å². The highest BCUT2D eigenvalue weighted by Crippen LogP contribution is 2.29. The summed E-state index contributed by atoms with van der Waals surface area (Å²) >= 11 is 11.5. The van der Waals surface area contributed by atoms with E-state index in [4.69, 9.17) is 27.9 Å². The summed E-state index contributed by atoms with van der Waals surface area (Å²) < 4.78 is 4.71. The van der Waals surface area contributed by atoms with Gasteiger partial charge in [-0.2, -0.15) is 0 Å². The Morgan fingerprint density at radius 2 is 2.12 bits per heavy atom. The van der Waals surface area contributed by atoms with Gasteiger partial charge in [-0.05, 0) is 13.0 Å². The summed E-state index contributed by atoms with van der Waals surface area (Å²) in [6.45, 7) is 2.05. The molecule has 0 unspecified atom stereocenters. The molecular weight excluding hydrogens is 263 g/mol. The zero-order valence-corrected chi connectivity index (χ0v) is 10.6. The molecule has 0 saturated carbocycles. The second-order valence-electron chi connectivity index (χ2n) is 3.07. The number of carbonyl (C=O) groups excluding carboxylic acids is 1. The highest BCUT2D eigenvalue weighted by molar-refractivity contribution is 6.35. The zero-order chi connectivity index (χ0) is 12.8. The van der Waals surface area contributed by atoms with E-state index in [9.17, 15) is 9.90 Å². The van der Waals surface area contributed by atoms with Crippen LogP contribution in [0.3, 0.4) is 0 Å². The van der Waals surface area contributed by atoms with Crippen molar-refractivity contribution in [3.05, 3.63) is 27.7 Å². The van der Waals surface area contributed by atoms with Gasteiger partial charge in [-0.1, -0.05) is 35.0 Å². The van der Waals surface area contributed by atoms with E-state index in [1.165, 1.54) is 12.1 Å². The molecule has 3 nitrogen and oxygen atoms in total. The average Bonchev–Trinajstić information content (AvgIpc) is 2.26. The summed E-state index contributed by atoms with van der Waals surface area (Å²) in [6, 6.07) is 2.75. The topological polar surface area (TPSA) is 46.5 Å². The first-order valence-corrected chi connectivity index (χ1v) is 5.62. The normalized spacial score (nSPS) is 9.35. The summed E-state index contributed by atoms with van der Waals surface area (Å²) in [4.78, 5) is 11.0. The van der Waals surface area contributed by atoms with Crippen LogP contribution in [0.1, 0.15) is 18.9 Å². The van der Waals surface area contributed by atoms with Crippen LogP contribution in [0.25, 0.3) is 0 Å². The van der Waals surface area contributed by atoms with Crippen molar-refractivity contribution in [1.82, 2.24) is 0 Å². The van der Waals surface area contributed by atoms with E-state index in [0.717, 1.165) is 0 Å². The number of ether oxygens (including phenoxy) is 1. The highest BCUT2D eigenvalue weighted by Gasteiger charge is 2.04. The van der Waals surface area contributed by atoms with Gasteiger partial charge in [-0.15, -0.1) is 0 Å². The molecule has 90 valence electrons. The fraction of sp³-hybridized carbons (Fsp3) is 0.250. The number of halogens is 2. The van der Waals surface area contributed by atoms with Crippen LogP contribution in [0.15, 0.2) is 12.1 Å². The largest absolute Gasteiger partial charge is 0.506 e. The van der Waals surface area contributed by atoms with Gasteiger partial charge in [0.05, 0.1) is 16.7 Å². The monoisotopic (exact) mass is 272 g/mol. The zero-order valence-electron chi connectivity index (χ0n) is 9.09. The number of hydrogen-bond acceptors (Lipinski definition) is 3. The molecular formula is C12H10Cl2O3. The summed E-state index contributed by atoms with van der Waals surface area (Å²) in [5, 5.41) is 9.71. The molecule has 0 aliphatic rings. The number of aromatic hydroxyl groups is 1. The Bertz CT molecular complexity index is 487. The van der Waals surface area contributed by atoms with Crippen molar-refractivity contribution in [2.24, 2.45) is 0 Å². The molecule has 1 aromatic rings. The van der Waals surface area contributed by atoms with Crippen molar-refractivity contribution in [2.75, 3.05) is 6.61 Å². The van der Waals surface area contributed by atoms with Crippen LogP contribution in [0.2, 0.25) is 10.0 Å². The van der Waals surface area contributed by atoms with Crippen molar-refractivity contribution >= 4 is 29.2 Å². The number of rotatable bonds is 2. The quantitative estimate of drug-likeness (QED) is 0.665. The third-order valence-corrected chi connectivity index (χ3v) is 2.41. The Kier molecular flexibility index (Phi) is 5.14. The Hall–Kier alpha value is -1.37. The average molecular weight is 273 g/mol. The molecule has 0 aliphatic heterocycles. The van der Waals surface area contributed by atoms with E-state index in [1.54, 1.807) is 6.92 Å². The van der Waals surface area contributed by atoms with Crippen molar-refractivity contribution in [2.45, 2.75) is 13.3 Å². The lowest BCUT2D eigenvalue weighted by Gasteiger charge is -2.00. The molecule has 0 amide bonds. The Balaban J connectivity index is 2.79. The molecule has 0 aromatic heterocycles. The molecule has 5 heteroatoms. The fourth-order valence-corrected chi connectivity index (χ4v) is 1.42. The van der Waals surface area contributed by atoms with E-state index in [0.29, 0.717) is 12.2 Å². The standard InChI is InChI=1S/C12H10Cl2O3/c1-2-17-12(16)5-3-4-8-6-10(14)11(15)7-9(8)13/h6-7,15H,2,5H2,1H3. The van der Waals surface area contributed by atoms with Gasteiger partial charge in [0.25, 0.3) is 0 Å². The third-order valence-electron chi connectivity index (χ3n) is 1.80. The summed E-state index contributed by atoms with van der Waals surface area (Å²) in [5.74, 6) is 4.82. The molecule has 0 spiro atoms. The lowest BCUT2D eigenvalue weighted by Crippen LogP contribution is -2.01. The second-order valence-corrected chi connectivity index (χ2v) is 3.88. The smallest absolute Gasteiger partial charge is 0.317 e. The van der Waals surface area contributed by atoms with Crippen LogP contribution in [0, 0.1) is 11.8 Å². The molecule has 17 heavy (non-hydrogen) atoms. The fourth-order valence-electron chi connectivity index (χ4n) is 1.06. The number of phenolic OH excluding ortho intramolecular Hbond substituents is 1. The van der Waals surface area contributed by atoms with Gasteiger partial charge in [0.1, 0.15) is 12.2 Å². The first-order chi connectivity index (χ1) is 8.04. The Morgan fingerprint density at radius 1 is 1.41 bits per heavy atom. The second kappa shape index (κ2) is 6.39.